The van der Waals surface area contributed by atoms with Crippen molar-refractivity contribution >= 4 is 60.5 Å². The number of aliphatic hydroxyl groups excluding tert-OH is 2. The summed E-state index contributed by atoms with van der Waals surface area (Å²) in [5.74, 6) is -0.181. The number of rotatable bonds is 17. The minimum absolute atomic E-state index is 0.0448. The zero-order valence-corrected chi connectivity index (χ0v) is 37.8. The summed E-state index contributed by atoms with van der Waals surface area (Å²) in [5, 5.41) is 25.2. The molecule has 4 N–H and O–H groups in total. The highest BCUT2D eigenvalue weighted by Crippen LogP contribution is 2.38. The van der Waals surface area contributed by atoms with Gasteiger partial charge in [0.15, 0.2) is 9.84 Å². The number of aliphatic hydroxyl groups is 2. The number of carbonyl (C=O) groups excluding carboxylic acids is 1. The third-order valence-electron chi connectivity index (χ3n) is 11.8. The van der Waals surface area contributed by atoms with Gasteiger partial charge < -0.3 is 20.4 Å². The lowest BCUT2D eigenvalue weighted by molar-refractivity contribution is 0.0934. The number of thioether (sulfide) groups is 1. The van der Waals surface area contributed by atoms with Crippen LogP contribution in [0.4, 0.5) is 11.4 Å². The normalized spacial score (nSPS) is 17.4. The first-order chi connectivity index (χ1) is 29.8. The molecule has 0 radical (unpaired) electrons. The lowest BCUT2D eigenvalue weighted by Crippen LogP contribution is -2.37. The van der Waals surface area contributed by atoms with Gasteiger partial charge in [-0.15, -0.1) is 11.8 Å². The number of anilines is 2. The maximum absolute atomic E-state index is 13.6. The molecule has 5 aromatic rings. The van der Waals surface area contributed by atoms with Crippen LogP contribution in [0.5, 0.6) is 0 Å². The van der Waals surface area contributed by atoms with Crippen LogP contribution in [0, 0.1) is 5.92 Å². The van der Waals surface area contributed by atoms with Crippen molar-refractivity contribution in [2.24, 2.45) is 5.92 Å². The number of nitrogens with zero attached hydrogens (tertiary/aromatic N) is 2. The third-order valence-corrected chi connectivity index (χ3v) is 15.7. The first kappa shape index (κ1) is 45.6. The predicted molar refractivity (Wildman–Crippen MR) is 248 cm³/mol. The lowest BCUT2D eigenvalue weighted by Gasteiger charge is -2.36. The van der Waals surface area contributed by atoms with Crippen LogP contribution in [-0.2, 0) is 19.9 Å². The molecule has 3 atom stereocenters. The summed E-state index contributed by atoms with van der Waals surface area (Å²) in [6.07, 6.45) is 4.54. The molecule has 1 amide bonds. The second-order valence-electron chi connectivity index (χ2n) is 16.0. The Bertz CT molecular complexity index is 2520. The second-order valence-corrected chi connectivity index (χ2v) is 21.2. The van der Waals surface area contributed by atoms with Crippen molar-refractivity contribution in [1.29, 1.82) is 0 Å². The maximum Gasteiger partial charge on any atom is 0.264 e. The number of sulfone groups is 1. The molecule has 62 heavy (non-hydrogen) atoms. The molecule has 0 spiro atoms. The number of benzene rings is 5. The summed E-state index contributed by atoms with van der Waals surface area (Å²) in [5.41, 5.74) is 4.11. The van der Waals surface area contributed by atoms with Crippen molar-refractivity contribution in [3.05, 3.63) is 137 Å². The summed E-state index contributed by atoms with van der Waals surface area (Å²) in [6, 6.07) is 35.9. The fraction of sp³-hybridized carbons (Fsp3) is 0.340. The van der Waals surface area contributed by atoms with Gasteiger partial charge in [-0.25, -0.2) is 21.6 Å². The quantitative estimate of drug-likeness (QED) is 0.0673. The number of amides is 1. The molecule has 2 fully saturated rings. The predicted octanol–water partition coefficient (Wildman–Crippen LogP) is 7.90. The van der Waals surface area contributed by atoms with Gasteiger partial charge in [-0.3, -0.25) is 9.69 Å². The van der Waals surface area contributed by atoms with Gasteiger partial charge in [0, 0.05) is 64.9 Å². The number of piperidine rings is 1. The molecular formula is C47H53ClN4O7S3. The van der Waals surface area contributed by atoms with Crippen LogP contribution < -0.4 is 14.9 Å². The first-order valence-electron chi connectivity index (χ1n) is 20.9. The Morgan fingerprint density at radius 2 is 1.55 bits per heavy atom. The van der Waals surface area contributed by atoms with Gasteiger partial charge in [0.05, 0.1) is 28.2 Å². The van der Waals surface area contributed by atoms with Crippen molar-refractivity contribution in [2.45, 2.75) is 65.0 Å². The summed E-state index contributed by atoms with van der Waals surface area (Å²) < 4.78 is 55.8. The van der Waals surface area contributed by atoms with Crippen LogP contribution in [0.25, 0.3) is 11.1 Å². The third kappa shape index (κ3) is 11.4. The van der Waals surface area contributed by atoms with Gasteiger partial charge in [0.25, 0.3) is 15.9 Å². The molecule has 5 aromatic carbocycles. The molecule has 7 rings (SSSR count). The Balaban J connectivity index is 0.997. The van der Waals surface area contributed by atoms with Crippen molar-refractivity contribution in [3.8, 4) is 11.1 Å². The lowest BCUT2D eigenvalue weighted by atomic mass is 9.84. The molecule has 0 saturated carbocycles. The van der Waals surface area contributed by atoms with E-state index in [2.05, 4.69) is 19.8 Å². The largest absolute Gasteiger partial charge is 0.395 e. The van der Waals surface area contributed by atoms with Crippen LogP contribution in [0.15, 0.2) is 136 Å². The van der Waals surface area contributed by atoms with E-state index in [0.29, 0.717) is 36.8 Å². The molecular weight excluding hydrogens is 864 g/mol. The van der Waals surface area contributed by atoms with Gasteiger partial charge in [-0.05, 0) is 128 Å². The monoisotopic (exact) mass is 916 g/mol. The fourth-order valence-electron chi connectivity index (χ4n) is 8.55. The Hall–Kier alpha value is -4.41. The molecule has 2 aliphatic rings. The van der Waals surface area contributed by atoms with Crippen LogP contribution in [0.1, 0.15) is 54.1 Å². The molecule has 11 nitrogen and oxygen atoms in total. The summed E-state index contributed by atoms with van der Waals surface area (Å²) >= 11 is 7.76. The average molecular weight is 918 g/mol. The number of hydrogen-bond donors (Lipinski definition) is 4. The van der Waals surface area contributed by atoms with Crippen molar-refractivity contribution < 1.29 is 31.8 Å². The Morgan fingerprint density at radius 3 is 2.24 bits per heavy atom. The summed E-state index contributed by atoms with van der Waals surface area (Å²) in [7, 11) is -8.39. The Kier molecular flexibility index (Phi) is 15.0. The van der Waals surface area contributed by atoms with E-state index < -0.39 is 31.9 Å². The minimum atomic E-state index is -4.47. The molecule has 0 bridgehead atoms. The topological polar surface area (TPSA) is 156 Å². The maximum atomic E-state index is 13.6. The highest BCUT2D eigenvalue weighted by atomic mass is 35.5. The van der Waals surface area contributed by atoms with Crippen molar-refractivity contribution in [3.63, 3.8) is 0 Å². The van der Waals surface area contributed by atoms with E-state index in [4.69, 9.17) is 11.6 Å². The number of halogens is 1. The molecule has 2 saturated heterocycles. The number of β-amino-alcohol motifs (C(OH)–C–C–N with tert-alkyl or cyclic N) is 1. The molecule has 0 unspecified atom stereocenters. The summed E-state index contributed by atoms with van der Waals surface area (Å²) in [4.78, 5) is 18.3. The van der Waals surface area contributed by atoms with Crippen LogP contribution in [-0.4, -0.2) is 94.7 Å². The molecule has 0 aromatic heterocycles. The second kappa shape index (κ2) is 20.4. The van der Waals surface area contributed by atoms with E-state index in [9.17, 15) is 31.8 Å². The van der Waals surface area contributed by atoms with E-state index >= 15 is 0 Å². The van der Waals surface area contributed by atoms with E-state index in [0.717, 1.165) is 71.8 Å². The number of nitrogens with one attached hydrogen (secondary N) is 2. The number of hydrogen-bond acceptors (Lipinski definition) is 11. The summed E-state index contributed by atoms with van der Waals surface area (Å²) in [6.45, 7) is 2.88. The fourth-order valence-corrected chi connectivity index (χ4v) is 11.6. The smallest absolute Gasteiger partial charge is 0.264 e. The first-order valence-corrected chi connectivity index (χ1v) is 25.6. The zero-order valence-electron chi connectivity index (χ0n) is 34.6. The highest BCUT2D eigenvalue weighted by Gasteiger charge is 2.30. The molecule has 0 aliphatic carbocycles. The van der Waals surface area contributed by atoms with E-state index in [1.165, 1.54) is 12.1 Å². The zero-order chi connectivity index (χ0) is 43.9. The van der Waals surface area contributed by atoms with Crippen molar-refractivity contribution in [2.75, 3.05) is 55.0 Å². The highest BCUT2D eigenvalue weighted by molar-refractivity contribution is 7.99. The van der Waals surface area contributed by atoms with Gasteiger partial charge >= 0.3 is 0 Å². The molecule has 328 valence electrons. The Labute approximate surface area is 374 Å². The van der Waals surface area contributed by atoms with Crippen molar-refractivity contribution in [1.82, 2.24) is 9.62 Å². The number of carbonyl (C=O) groups is 1. The van der Waals surface area contributed by atoms with Gasteiger partial charge in [-0.1, -0.05) is 66.2 Å². The minimum Gasteiger partial charge on any atom is -0.395 e. The van der Waals surface area contributed by atoms with Crippen LogP contribution in [0.3, 0.4) is 0 Å². The van der Waals surface area contributed by atoms with Crippen LogP contribution in [0.2, 0.25) is 5.02 Å². The molecule has 2 heterocycles. The Morgan fingerprint density at radius 1 is 0.855 bits per heavy atom. The standard InChI is InChI=1S/C47H53ClN4O7S3/c1-61(56,57)45-31-41(21-22-44(45)49-37(32-60-40-9-3-2-4-10-40)30-39-8-7-25-51(39)28-29-53)62(58,59)50-47(55)35-15-19-38(20-16-35)52-26-23-34(24-27-52)46(54)43-12-6-5-11-42(43)33-13-17-36(48)18-14-33/h2-6,9-22,31,34,37,39,46,49,53-54H,7-8,23-30,32H2,1H3,(H,50,55)/t37-,39+,46-/m1/s1. The van der Waals surface area contributed by atoms with E-state index in [1.54, 1.807) is 36.0 Å². The number of sulfonamides is 1. The van der Waals surface area contributed by atoms with E-state index in [1.807, 2.05) is 78.9 Å². The van der Waals surface area contributed by atoms with E-state index in [-0.39, 0.29) is 45.7 Å². The molecule has 2 aliphatic heterocycles. The average Bonchev–Trinajstić information content (AvgIpc) is 3.71. The van der Waals surface area contributed by atoms with Gasteiger partial charge in [-0.2, -0.15) is 0 Å². The van der Waals surface area contributed by atoms with Crippen LogP contribution >= 0.6 is 23.4 Å². The SMILES string of the molecule is CS(=O)(=O)c1cc(S(=O)(=O)NC(=O)c2ccc(N3CCC([C@@H](O)c4ccccc4-c4ccc(Cl)cc4)CC3)cc2)ccc1N[C@@H](CSc1ccccc1)C[C@@H]1CCCN1CCO. The van der Waals surface area contributed by atoms with Gasteiger partial charge in [0.2, 0.25) is 0 Å². The number of likely N-dealkylation sites (tertiary alicyclic amines) is 1. The van der Waals surface area contributed by atoms with Gasteiger partial charge in [0.1, 0.15) is 0 Å². The molecule has 15 heteroatoms.